The number of hydrogen-bond acceptors (Lipinski definition) is 1. The Morgan fingerprint density at radius 1 is 1.50 bits per heavy atom. The smallest absolute Gasteiger partial charge is 0.0489 e. The van der Waals surface area contributed by atoms with Gasteiger partial charge < -0.3 is 5.32 Å². The first-order valence-corrected chi connectivity index (χ1v) is 3.59. The number of hydrogen-bond donors (Lipinski definition) is 1. The maximum absolute atomic E-state index is 5.92. The molecule has 1 nitrogen and oxygen atoms in total. The van der Waals surface area contributed by atoms with Crippen molar-refractivity contribution in [2.45, 2.75) is 30.7 Å². The summed E-state index contributed by atoms with van der Waals surface area (Å²) in [6.07, 6.45) is 3.73. The zero-order valence-electron chi connectivity index (χ0n) is 5.15. The van der Waals surface area contributed by atoms with Crippen LogP contribution in [0.4, 0.5) is 0 Å². The predicted molar refractivity (Wildman–Crippen MR) is 36.3 cm³/mol. The van der Waals surface area contributed by atoms with Gasteiger partial charge in [-0.05, 0) is 19.9 Å². The fourth-order valence-electron chi connectivity index (χ4n) is 1.24. The topological polar surface area (TPSA) is 12.0 Å². The van der Waals surface area contributed by atoms with E-state index in [-0.39, 0.29) is 0 Å². The fourth-order valence-corrected chi connectivity index (χ4v) is 1.65. The molecule has 8 heavy (non-hydrogen) atoms. The molecule has 1 fully saturated rings. The van der Waals surface area contributed by atoms with Crippen LogP contribution in [0, 0.1) is 0 Å². The summed E-state index contributed by atoms with van der Waals surface area (Å²) in [5.41, 5.74) is 0. The third kappa shape index (κ3) is 1.15. The van der Waals surface area contributed by atoms with Crippen LogP contribution in [0.25, 0.3) is 0 Å². The molecule has 1 rings (SSSR count). The minimum Gasteiger partial charge on any atom is -0.316 e. The molecule has 2 unspecified atom stereocenters. The minimum atomic E-state index is 0.389. The van der Waals surface area contributed by atoms with Crippen LogP contribution in [-0.4, -0.2) is 18.5 Å². The lowest BCUT2D eigenvalue weighted by Gasteiger charge is -2.10. The highest BCUT2D eigenvalue weighted by molar-refractivity contribution is 6.21. The Labute approximate surface area is 55.4 Å². The monoisotopic (exact) mass is 133 g/mol. The van der Waals surface area contributed by atoms with Gasteiger partial charge in [0.1, 0.15) is 0 Å². The molecule has 0 aromatic heterocycles. The quantitative estimate of drug-likeness (QED) is 0.533. The summed E-state index contributed by atoms with van der Waals surface area (Å²) in [6.45, 7) is 0. The van der Waals surface area contributed by atoms with E-state index < -0.39 is 0 Å². The maximum atomic E-state index is 5.92. The lowest BCUT2D eigenvalue weighted by molar-refractivity contribution is 0.587. The second-order valence-electron chi connectivity index (χ2n) is 2.34. The summed E-state index contributed by atoms with van der Waals surface area (Å²) in [5.74, 6) is 0. The Balaban J connectivity index is 2.30. The van der Waals surface area contributed by atoms with E-state index in [9.17, 15) is 0 Å². The molecule has 0 heterocycles. The van der Waals surface area contributed by atoms with E-state index in [4.69, 9.17) is 11.6 Å². The van der Waals surface area contributed by atoms with Gasteiger partial charge in [-0.2, -0.15) is 0 Å². The maximum Gasteiger partial charge on any atom is 0.0489 e. The number of halogens is 1. The fraction of sp³-hybridized carbons (Fsp3) is 1.00. The van der Waals surface area contributed by atoms with Crippen LogP contribution in [0.1, 0.15) is 19.3 Å². The van der Waals surface area contributed by atoms with Crippen molar-refractivity contribution >= 4 is 11.6 Å². The molecular weight excluding hydrogens is 122 g/mol. The third-order valence-corrected chi connectivity index (χ3v) is 2.32. The van der Waals surface area contributed by atoms with Gasteiger partial charge in [-0.15, -0.1) is 11.6 Å². The van der Waals surface area contributed by atoms with Gasteiger partial charge >= 0.3 is 0 Å². The molecule has 1 aliphatic carbocycles. The molecule has 1 N–H and O–H groups in total. The highest BCUT2D eigenvalue weighted by Gasteiger charge is 2.22. The Hall–Kier alpha value is 0.250. The van der Waals surface area contributed by atoms with Crippen molar-refractivity contribution in [1.82, 2.24) is 5.32 Å². The molecule has 2 heteroatoms. The Morgan fingerprint density at radius 3 is 2.50 bits per heavy atom. The zero-order chi connectivity index (χ0) is 5.98. The van der Waals surface area contributed by atoms with Gasteiger partial charge in [0.25, 0.3) is 0 Å². The first-order chi connectivity index (χ1) is 3.84. The van der Waals surface area contributed by atoms with Gasteiger partial charge in [0.15, 0.2) is 0 Å². The van der Waals surface area contributed by atoms with Crippen molar-refractivity contribution in [3.63, 3.8) is 0 Å². The van der Waals surface area contributed by atoms with Gasteiger partial charge in [-0.1, -0.05) is 6.42 Å². The number of rotatable bonds is 1. The minimum absolute atomic E-state index is 0.389. The van der Waals surface area contributed by atoms with E-state index in [1.807, 2.05) is 7.05 Å². The summed E-state index contributed by atoms with van der Waals surface area (Å²) < 4.78 is 0. The van der Waals surface area contributed by atoms with Crippen molar-refractivity contribution in [2.75, 3.05) is 7.05 Å². The second-order valence-corrected chi connectivity index (χ2v) is 2.90. The molecule has 0 spiro atoms. The van der Waals surface area contributed by atoms with Crippen LogP contribution < -0.4 is 5.32 Å². The Bertz CT molecular complexity index is 74.9. The molecule has 1 aliphatic rings. The molecule has 0 aliphatic heterocycles. The van der Waals surface area contributed by atoms with E-state index in [0.717, 1.165) is 0 Å². The van der Waals surface area contributed by atoms with Gasteiger partial charge in [0, 0.05) is 11.4 Å². The average Bonchev–Trinajstić information content (AvgIpc) is 2.14. The van der Waals surface area contributed by atoms with Crippen LogP contribution in [0.5, 0.6) is 0 Å². The van der Waals surface area contributed by atoms with Crippen molar-refractivity contribution in [3.05, 3.63) is 0 Å². The van der Waals surface area contributed by atoms with Gasteiger partial charge in [-0.3, -0.25) is 0 Å². The highest BCUT2D eigenvalue weighted by atomic mass is 35.5. The number of alkyl halides is 1. The first-order valence-electron chi connectivity index (χ1n) is 3.16. The van der Waals surface area contributed by atoms with Gasteiger partial charge in [0.2, 0.25) is 0 Å². The van der Waals surface area contributed by atoms with Crippen LogP contribution in [-0.2, 0) is 0 Å². The molecule has 0 aromatic carbocycles. The average molecular weight is 134 g/mol. The molecule has 0 aromatic rings. The van der Waals surface area contributed by atoms with E-state index >= 15 is 0 Å². The number of nitrogens with one attached hydrogen (secondary N) is 1. The van der Waals surface area contributed by atoms with Crippen LogP contribution >= 0.6 is 11.6 Å². The molecule has 0 saturated heterocycles. The lowest BCUT2D eigenvalue weighted by Crippen LogP contribution is -2.29. The van der Waals surface area contributed by atoms with E-state index in [1.54, 1.807) is 0 Å². The molecular formula is C6H12ClN. The van der Waals surface area contributed by atoms with Crippen molar-refractivity contribution in [3.8, 4) is 0 Å². The summed E-state index contributed by atoms with van der Waals surface area (Å²) in [4.78, 5) is 0. The predicted octanol–water partition coefficient (Wildman–Crippen LogP) is 1.37. The Morgan fingerprint density at radius 2 is 2.25 bits per heavy atom. The Kier molecular flexibility index (Phi) is 2.15. The summed E-state index contributed by atoms with van der Waals surface area (Å²) in [7, 11) is 1.98. The van der Waals surface area contributed by atoms with E-state index in [1.165, 1.54) is 19.3 Å². The van der Waals surface area contributed by atoms with Crippen molar-refractivity contribution in [1.29, 1.82) is 0 Å². The first kappa shape index (κ1) is 6.37. The molecule has 2 atom stereocenters. The van der Waals surface area contributed by atoms with Crippen LogP contribution in [0.2, 0.25) is 0 Å². The van der Waals surface area contributed by atoms with Crippen LogP contribution in [0.3, 0.4) is 0 Å². The summed E-state index contributed by atoms with van der Waals surface area (Å²) >= 11 is 5.92. The zero-order valence-corrected chi connectivity index (χ0v) is 5.91. The molecule has 0 bridgehead atoms. The standard InChI is InChI=1S/C6H12ClN/c1-8-6-4-2-3-5(6)7/h5-6,8H,2-4H2,1H3. The molecule has 0 amide bonds. The molecule has 48 valence electrons. The molecule has 0 radical (unpaired) electrons. The van der Waals surface area contributed by atoms with Crippen molar-refractivity contribution < 1.29 is 0 Å². The normalized spacial score (nSPS) is 38.2. The molecule has 1 saturated carbocycles. The lowest BCUT2D eigenvalue weighted by atomic mass is 10.2. The van der Waals surface area contributed by atoms with E-state index in [2.05, 4.69) is 5.32 Å². The largest absolute Gasteiger partial charge is 0.316 e. The van der Waals surface area contributed by atoms with Gasteiger partial charge in [0.05, 0.1) is 0 Å². The van der Waals surface area contributed by atoms with Crippen molar-refractivity contribution in [2.24, 2.45) is 0 Å². The highest BCUT2D eigenvalue weighted by Crippen LogP contribution is 2.23. The third-order valence-electron chi connectivity index (χ3n) is 1.80. The SMILES string of the molecule is CNC1CCCC1Cl. The van der Waals surface area contributed by atoms with Crippen LogP contribution in [0.15, 0.2) is 0 Å². The second kappa shape index (κ2) is 2.70. The van der Waals surface area contributed by atoms with Gasteiger partial charge in [-0.25, -0.2) is 0 Å². The summed E-state index contributed by atoms with van der Waals surface area (Å²) in [5, 5.41) is 3.57. The summed E-state index contributed by atoms with van der Waals surface area (Å²) in [6, 6.07) is 0.580. The van der Waals surface area contributed by atoms with E-state index in [0.29, 0.717) is 11.4 Å².